The molecule has 0 aliphatic rings. The lowest BCUT2D eigenvalue weighted by Gasteiger charge is -2.18. The van der Waals surface area contributed by atoms with Gasteiger partial charge in [-0.25, -0.2) is 4.79 Å². The third-order valence-corrected chi connectivity index (χ3v) is 4.02. The largest absolute Gasteiger partial charge is 0.354 e. The molecule has 2 aromatic carbocycles. The number of benzene rings is 2. The van der Waals surface area contributed by atoms with Gasteiger partial charge in [-0.15, -0.1) is 0 Å². The lowest BCUT2D eigenvalue weighted by Crippen LogP contribution is -2.31. The predicted molar refractivity (Wildman–Crippen MR) is 98.6 cm³/mol. The topological polar surface area (TPSA) is 58.4 Å². The Hall–Kier alpha value is -2.79. The van der Waals surface area contributed by atoms with Crippen LogP contribution in [-0.4, -0.2) is 23.1 Å². The van der Waals surface area contributed by atoms with Crippen LogP contribution in [0, 0.1) is 6.92 Å². The molecule has 0 bridgehead atoms. The fraction of sp³-hybridized carbons (Fsp3) is 0.158. The van der Waals surface area contributed by atoms with Crippen molar-refractivity contribution in [2.75, 3.05) is 12.4 Å². The van der Waals surface area contributed by atoms with Crippen LogP contribution >= 0.6 is 11.6 Å². The van der Waals surface area contributed by atoms with Crippen LogP contribution in [0.1, 0.15) is 11.3 Å². The molecule has 6 heteroatoms. The highest BCUT2D eigenvalue weighted by molar-refractivity contribution is 6.30. The van der Waals surface area contributed by atoms with Crippen molar-refractivity contribution in [1.29, 1.82) is 0 Å². The molecule has 1 heterocycles. The van der Waals surface area contributed by atoms with E-state index in [-0.39, 0.29) is 6.03 Å². The number of hydrogen-bond donors (Lipinski definition) is 1. The first-order valence-electron chi connectivity index (χ1n) is 7.83. The molecule has 2 amide bonds. The summed E-state index contributed by atoms with van der Waals surface area (Å²) < 4.78 is 5.40. The summed E-state index contributed by atoms with van der Waals surface area (Å²) >= 11 is 5.99. The monoisotopic (exact) mass is 355 g/mol. The highest BCUT2D eigenvalue weighted by atomic mass is 35.5. The van der Waals surface area contributed by atoms with Crippen LogP contribution in [0.4, 0.5) is 10.5 Å². The van der Waals surface area contributed by atoms with Gasteiger partial charge in [-0.2, -0.15) is 0 Å². The number of amides is 2. The first-order valence-corrected chi connectivity index (χ1v) is 8.20. The van der Waals surface area contributed by atoms with E-state index in [2.05, 4.69) is 10.5 Å². The second-order valence-corrected chi connectivity index (χ2v) is 6.19. The fourth-order valence-corrected chi connectivity index (χ4v) is 2.70. The van der Waals surface area contributed by atoms with E-state index >= 15 is 0 Å². The molecule has 0 saturated heterocycles. The molecule has 0 spiro atoms. The van der Waals surface area contributed by atoms with Crippen molar-refractivity contribution in [3.8, 4) is 11.3 Å². The molecule has 1 aromatic heterocycles. The molecule has 0 atom stereocenters. The van der Waals surface area contributed by atoms with E-state index in [1.54, 1.807) is 24.9 Å². The second-order valence-electron chi connectivity index (χ2n) is 5.75. The van der Waals surface area contributed by atoms with Crippen LogP contribution in [0.2, 0.25) is 5.02 Å². The number of nitrogens with zero attached hydrogens (tertiary/aromatic N) is 2. The van der Waals surface area contributed by atoms with E-state index < -0.39 is 0 Å². The Morgan fingerprint density at radius 2 is 1.96 bits per heavy atom. The average molecular weight is 356 g/mol. The quantitative estimate of drug-likeness (QED) is 0.719. The highest BCUT2D eigenvalue weighted by Gasteiger charge is 2.19. The van der Waals surface area contributed by atoms with Gasteiger partial charge in [0.25, 0.3) is 0 Å². The number of carbonyl (C=O) groups excluding carboxylic acids is 1. The fourth-order valence-electron chi connectivity index (χ4n) is 2.49. The molecule has 1 N–H and O–H groups in total. The summed E-state index contributed by atoms with van der Waals surface area (Å²) in [4.78, 5) is 14.1. The first-order chi connectivity index (χ1) is 12.0. The third kappa shape index (κ3) is 4.00. The molecule has 0 saturated carbocycles. The first kappa shape index (κ1) is 17.0. The van der Waals surface area contributed by atoms with Crippen molar-refractivity contribution >= 4 is 23.3 Å². The summed E-state index contributed by atoms with van der Waals surface area (Å²) in [5.74, 6) is 0.544. The van der Waals surface area contributed by atoms with Gasteiger partial charge in [-0.05, 0) is 24.6 Å². The summed E-state index contributed by atoms with van der Waals surface area (Å²) in [6.45, 7) is 2.24. The van der Waals surface area contributed by atoms with E-state index in [0.717, 1.165) is 11.1 Å². The number of carbonyl (C=O) groups is 1. The molecule has 25 heavy (non-hydrogen) atoms. The van der Waals surface area contributed by atoms with E-state index in [0.29, 0.717) is 28.7 Å². The normalized spacial score (nSPS) is 10.5. The minimum absolute atomic E-state index is 0.247. The maximum atomic E-state index is 12.5. The maximum Gasteiger partial charge on any atom is 0.322 e. The van der Waals surface area contributed by atoms with Crippen LogP contribution in [0.3, 0.4) is 0 Å². The van der Waals surface area contributed by atoms with Gasteiger partial charge in [0, 0.05) is 24.2 Å². The van der Waals surface area contributed by atoms with Crippen LogP contribution < -0.4 is 5.32 Å². The van der Waals surface area contributed by atoms with Gasteiger partial charge in [0.15, 0.2) is 5.76 Å². The Morgan fingerprint density at radius 1 is 1.20 bits per heavy atom. The van der Waals surface area contributed by atoms with Crippen molar-refractivity contribution in [2.45, 2.75) is 13.5 Å². The smallest absolute Gasteiger partial charge is 0.322 e. The zero-order valence-electron chi connectivity index (χ0n) is 14.0. The molecule has 0 unspecified atom stereocenters. The van der Waals surface area contributed by atoms with Gasteiger partial charge in [-0.1, -0.05) is 59.2 Å². The molecule has 128 valence electrons. The van der Waals surface area contributed by atoms with Gasteiger partial charge < -0.3 is 14.7 Å². The number of aromatic nitrogens is 1. The van der Waals surface area contributed by atoms with Crippen molar-refractivity contribution < 1.29 is 9.32 Å². The van der Waals surface area contributed by atoms with Gasteiger partial charge in [-0.3, -0.25) is 0 Å². The van der Waals surface area contributed by atoms with Gasteiger partial charge in [0.05, 0.1) is 0 Å². The summed E-state index contributed by atoms with van der Waals surface area (Å²) in [7, 11) is 1.72. The number of rotatable bonds is 4. The van der Waals surface area contributed by atoms with Gasteiger partial charge in [0.2, 0.25) is 0 Å². The molecule has 5 nitrogen and oxygen atoms in total. The van der Waals surface area contributed by atoms with Crippen LogP contribution in [0.15, 0.2) is 59.1 Å². The predicted octanol–water partition coefficient (Wildman–Crippen LogP) is 4.97. The Morgan fingerprint density at radius 3 is 2.68 bits per heavy atom. The lowest BCUT2D eigenvalue weighted by molar-refractivity contribution is 0.220. The number of aryl methyl sites for hydroxylation is 1. The maximum absolute atomic E-state index is 12.5. The van der Waals surface area contributed by atoms with E-state index in [1.165, 1.54) is 0 Å². The molecular weight excluding hydrogens is 338 g/mol. The average Bonchev–Trinajstić information content (AvgIpc) is 2.96. The number of anilines is 1. The molecule has 3 rings (SSSR count). The van der Waals surface area contributed by atoms with Crippen molar-refractivity contribution in [3.05, 3.63) is 70.9 Å². The van der Waals surface area contributed by atoms with Crippen molar-refractivity contribution in [2.24, 2.45) is 0 Å². The van der Waals surface area contributed by atoms with Crippen LogP contribution in [-0.2, 0) is 6.54 Å². The van der Waals surface area contributed by atoms with E-state index in [4.69, 9.17) is 16.1 Å². The third-order valence-electron chi connectivity index (χ3n) is 3.79. The Kier molecular flexibility index (Phi) is 5.05. The minimum Gasteiger partial charge on any atom is -0.354 e. The molecule has 3 aromatic rings. The van der Waals surface area contributed by atoms with Gasteiger partial charge >= 0.3 is 6.03 Å². The van der Waals surface area contributed by atoms with Crippen molar-refractivity contribution in [3.63, 3.8) is 0 Å². The highest BCUT2D eigenvalue weighted by Crippen LogP contribution is 2.30. The van der Waals surface area contributed by atoms with Crippen LogP contribution in [0.25, 0.3) is 11.3 Å². The molecule has 0 aliphatic carbocycles. The van der Waals surface area contributed by atoms with Gasteiger partial charge in [0.1, 0.15) is 11.4 Å². The van der Waals surface area contributed by atoms with Crippen molar-refractivity contribution in [1.82, 2.24) is 10.1 Å². The molecular formula is C19H18ClN3O2. The standard InChI is InChI=1S/C19H18ClN3O2/c1-13-17(18(25-22-13)15-8-4-3-5-9-15)21-19(24)23(2)12-14-7-6-10-16(20)11-14/h3-11H,12H2,1-2H3,(H,21,24). The van der Waals surface area contributed by atoms with E-state index in [1.807, 2.05) is 48.5 Å². The Labute approximate surface area is 151 Å². The molecule has 0 fully saturated rings. The summed E-state index contributed by atoms with van der Waals surface area (Å²) in [6.07, 6.45) is 0. The SMILES string of the molecule is Cc1noc(-c2ccccc2)c1NC(=O)N(C)Cc1cccc(Cl)c1. The number of nitrogens with one attached hydrogen (secondary N) is 1. The zero-order valence-corrected chi connectivity index (χ0v) is 14.7. The second kappa shape index (κ2) is 7.40. The summed E-state index contributed by atoms with van der Waals surface area (Å²) in [6, 6.07) is 16.7. The summed E-state index contributed by atoms with van der Waals surface area (Å²) in [5, 5.41) is 7.51. The number of halogens is 1. The number of urea groups is 1. The Balaban J connectivity index is 1.76. The lowest BCUT2D eigenvalue weighted by atomic mass is 10.1. The Bertz CT molecular complexity index is 877. The molecule has 0 radical (unpaired) electrons. The summed E-state index contributed by atoms with van der Waals surface area (Å²) in [5.41, 5.74) is 3.02. The number of hydrogen-bond acceptors (Lipinski definition) is 3. The van der Waals surface area contributed by atoms with Crippen LogP contribution in [0.5, 0.6) is 0 Å². The van der Waals surface area contributed by atoms with E-state index in [9.17, 15) is 4.79 Å². The zero-order chi connectivity index (χ0) is 17.8. The minimum atomic E-state index is -0.247. The molecule has 0 aliphatic heterocycles.